The Bertz CT molecular complexity index is 271. The van der Waals surface area contributed by atoms with Crippen LogP contribution < -0.4 is 5.73 Å². The number of aromatic nitrogens is 2. The van der Waals surface area contributed by atoms with Crippen LogP contribution in [0, 0.1) is 5.41 Å². The molecule has 1 aromatic heterocycles. The highest BCUT2D eigenvalue weighted by molar-refractivity contribution is 4.79. The Morgan fingerprint density at radius 1 is 1.53 bits per heavy atom. The minimum absolute atomic E-state index is 0.121. The molecule has 5 heteroatoms. The molecule has 1 aromatic rings. The van der Waals surface area contributed by atoms with Gasteiger partial charge in [-0.1, -0.05) is 25.9 Å². The lowest BCUT2D eigenvalue weighted by Gasteiger charge is -2.29. The van der Waals surface area contributed by atoms with E-state index in [1.165, 1.54) is 6.33 Å². The van der Waals surface area contributed by atoms with Gasteiger partial charge in [-0.2, -0.15) is 4.98 Å². The van der Waals surface area contributed by atoms with Crippen molar-refractivity contribution in [3.63, 3.8) is 0 Å². The fraction of sp³-hybridized carbons (Fsp3) is 0.800. The molecule has 0 aliphatic carbocycles. The van der Waals surface area contributed by atoms with Crippen molar-refractivity contribution < 1.29 is 4.52 Å². The van der Waals surface area contributed by atoms with Gasteiger partial charge in [0.1, 0.15) is 0 Å². The first kappa shape index (κ1) is 12.1. The molecule has 0 atom stereocenters. The summed E-state index contributed by atoms with van der Waals surface area (Å²) >= 11 is 0. The number of rotatable bonds is 6. The first-order valence-corrected chi connectivity index (χ1v) is 5.25. The highest BCUT2D eigenvalue weighted by atomic mass is 16.5. The average molecular weight is 212 g/mol. The van der Waals surface area contributed by atoms with Crippen molar-refractivity contribution in [2.75, 3.05) is 19.6 Å². The predicted molar refractivity (Wildman–Crippen MR) is 58.1 cm³/mol. The van der Waals surface area contributed by atoms with Crippen molar-refractivity contribution >= 4 is 0 Å². The van der Waals surface area contributed by atoms with Gasteiger partial charge in [-0.05, 0) is 18.5 Å². The maximum atomic E-state index is 5.70. The summed E-state index contributed by atoms with van der Waals surface area (Å²) in [5.41, 5.74) is 5.83. The summed E-state index contributed by atoms with van der Waals surface area (Å²) in [6, 6.07) is 0. The quantitative estimate of drug-likeness (QED) is 0.758. The van der Waals surface area contributed by atoms with Crippen molar-refractivity contribution in [2.24, 2.45) is 11.1 Å². The van der Waals surface area contributed by atoms with Crippen molar-refractivity contribution in [1.29, 1.82) is 0 Å². The Balaban J connectivity index is 2.50. The topological polar surface area (TPSA) is 68.2 Å². The zero-order valence-corrected chi connectivity index (χ0v) is 9.73. The van der Waals surface area contributed by atoms with Crippen molar-refractivity contribution in [1.82, 2.24) is 15.0 Å². The van der Waals surface area contributed by atoms with Crippen LogP contribution >= 0.6 is 0 Å². The first-order valence-electron chi connectivity index (χ1n) is 5.25. The van der Waals surface area contributed by atoms with Crippen LogP contribution in [0.25, 0.3) is 0 Å². The van der Waals surface area contributed by atoms with E-state index in [4.69, 9.17) is 10.3 Å². The average Bonchev–Trinajstić information content (AvgIpc) is 2.69. The van der Waals surface area contributed by atoms with E-state index in [1.54, 1.807) is 0 Å². The van der Waals surface area contributed by atoms with Crippen LogP contribution in [0.5, 0.6) is 0 Å². The van der Waals surface area contributed by atoms with Crippen LogP contribution in [0.4, 0.5) is 0 Å². The van der Waals surface area contributed by atoms with E-state index in [1.807, 2.05) is 0 Å². The summed E-state index contributed by atoms with van der Waals surface area (Å²) in [6.07, 6.45) is 1.43. The molecule has 0 aliphatic heterocycles. The van der Waals surface area contributed by atoms with E-state index >= 15 is 0 Å². The van der Waals surface area contributed by atoms with Gasteiger partial charge in [-0.3, -0.25) is 4.90 Å². The number of hydrogen-bond acceptors (Lipinski definition) is 5. The second-order valence-corrected chi connectivity index (χ2v) is 4.51. The van der Waals surface area contributed by atoms with Gasteiger partial charge >= 0.3 is 0 Å². The molecule has 0 saturated heterocycles. The molecule has 0 unspecified atom stereocenters. The normalized spacial score (nSPS) is 12.3. The maximum Gasteiger partial charge on any atom is 0.240 e. The number of nitrogens with two attached hydrogens (primary N) is 1. The lowest BCUT2D eigenvalue weighted by molar-refractivity contribution is 0.165. The third-order valence-electron chi connectivity index (χ3n) is 2.42. The lowest BCUT2D eigenvalue weighted by Crippen LogP contribution is -2.38. The molecule has 1 rings (SSSR count). The number of nitrogens with zero attached hydrogens (tertiary/aromatic N) is 3. The minimum atomic E-state index is 0.121. The third kappa shape index (κ3) is 3.97. The summed E-state index contributed by atoms with van der Waals surface area (Å²) in [4.78, 5) is 6.26. The molecule has 0 aliphatic rings. The van der Waals surface area contributed by atoms with Crippen LogP contribution in [-0.2, 0) is 6.54 Å². The lowest BCUT2D eigenvalue weighted by atomic mass is 9.93. The van der Waals surface area contributed by atoms with Crippen LogP contribution in [-0.4, -0.2) is 34.7 Å². The highest BCUT2D eigenvalue weighted by Gasteiger charge is 2.20. The largest absolute Gasteiger partial charge is 0.338 e. The molecule has 0 bridgehead atoms. The highest BCUT2D eigenvalue weighted by Crippen LogP contribution is 2.15. The van der Waals surface area contributed by atoms with Crippen LogP contribution in [0.3, 0.4) is 0 Å². The molecular formula is C10H20N4O. The van der Waals surface area contributed by atoms with Crippen LogP contribution in [0.2, 0.25) is 0 Å². The van der Waals surface area contributed by atoms with Gasteiger partial charge in [0, 0.05) is 6.54 Å². The molecule has 0 saturated carbocycles. The van der Waals surface area contributed by atoms with E-state index in [9.17, 15) is 0 Å². The smallest absolute Gasteiger partial charge is 0.240 e. The fourth-order valence-corrected chi connectivity index (χ4v) is 1.41. The monoisotopic (exact) mass is 212 g/mol. The molecular weight excluding hydrogens is 192 g/mol. The second kappa shape index (κ2) is 5.23. The van der Waals surface area contributed by atoms with Gasteiger partial charge in [0.05, 0.1) is 6.54 Å². The van der Waals surface area contributed by atoms with Gasteiger partial charge in [-0.25, -0.2) is 0 Å². The Morgan fingerprint density at radius 2 is 2.27 bits per heavy atom. The van der Waals surface area contributed by atoms with E-state index in [0.29, 0.717) is 19.0 Å². The molecule has 0 spiro atoms. The molecule has 0 amide bonds. The van der Waals surface area contributed by atoms with E-state index < -0.39 is 0 Å². The van der Waals surface area contributed by atoms with Gasteiger partial charge in [0.25, 0.3) is 0 Å². The first-order chi connectivity index (χ1) is 7.07. The predicted octanol–water partition coefficient (Wildman–Crippen LogP) is 0.876. The molecule has 0 aromatic carbocycles. The molecule has 1 heterocycles. The van der Waals surface area contributed by atoms with Crippen molar-refractivity contribution in [2.45, 2.75) is 27.3 Å². The van der Waals surface area contributed by atoms with Crippen LogP contribution in [0.1, 0.15) is 26.7 Å². The van der Waals surface area contributed by atoms with Crippen LogP contribution in [0.15, 0.2) is 10.9 Å². The summed E-state index contributed by atoms with van der Waals surface area (Å²) in [6.45, 7) is 9.68. The summed E-state index contributed by atoms with van der Waals surface area (Å²) < 4.78 is 4.98. The van der Waals surface area contributed by atoms with Gasteiger partial charge in [0.2, 0.25) is 5.89 Å². The Morgan fingerprint density at radius 3 is 2.73 bits per heavy atom. The van der Waals surface area contributed by atoms with Crippen molar-refractivity contribution in [3.8, 4) is 0 Å². The zero-order chi connectivity index (χ0) is 11.3. The Hall–Kier alpha value is -0.940. The standard InChI is InChI=1S/C10H20N4O/c1-4-14(7-10(2,3)6-11)5-9-12-8-13-15-9/h8H,4-7,11H2,1-3H3. The minimum Gasteiger partial charge on any atom is -0.338 e. The molecule has 0 fully saturated rings. The van der Waals surface area contributed by atoms with Gasteiger partial charge in [0.15, 0.2) is 6.33 Å². The molecule has 0 radical (unpaired) electrons. The van der Waals surface area contributed by atoms with Gasteiger partial charge in [-0.15, -0.1) is 0 Å². The van der Waals surface area contributed by atoms with E-state index in [-0.39, 0.29) is 5.41 Å². The fourth-order valence-electron chi connectivity index (χ4n) is 1.41. The van der Waals surface area contributed by atoms with E-state index in [0.717, 1.165) is 13.1 Å². The van der Waals surface area contributed by atoms with E-state index in [2.05, 4.69) is 35.8 Å². The second-order valence-electron chi connectivity index (χ2n) is 4.51. The summed E-state index contributed by atoms with van der Waals surface area (Å²) in [7, 11) is 0. The summed E-state index contributed by atoms with van der Waals surface area (Å²) in [5, 5.41) is 3.59. The maximum absolute atomic E-state index is 5.70. The Kier molecular flexibility index (Phi) is 4.23. The molecule has 5 nitrogen and oxygen atoms in total. The Labute approximate surface area is 90.6 Å². The number of hydrogen-bond donors (Lipinski definition) is 1. The molecule has 15 heavy (non-hydrogen) atoms. The molecule has 2 N–H and O–H groups in total. The molecule has 86 valence electrons. The summed E-state index contributed by atoms with van der Waals surface area (Å²) in [5.74, 6) is 0.657. The van der Waals surface area contributed by atoms with Gasteiger partial charge < -0.3 is 10.3 Å². The zero-order valence-electron chi connectivity index (χ0n) is 9.73. The van der Waals surface area contributed by atoms with Crippen molar-refractivity contribution in [3.05, 3.63) is 12.2 Å². The SMILES string of the molecule is CCN(Cc1ncno1)CC(C)(C)CN. The third-order valence-corrected chi connectivity index (χ3v) is 2.42.